The Balaban J connectivity index is 2.19. The van der Waals surface area contributed by atoms with Crippen molar-refractivity contribution in [1.29, 1.82) is 0 Å². The Kier molecular flexibility index (Phi) is 3.13. The summed E-state index contributed by atoms with van der Waals surface area (Å²) in [5, 5.41) is 0. The van der Waals surface area contributed by atoms with Crippen LogP contribution in [0.3, 0.4) is 0 Å². The smallest absolute Gasteiger partial charge is 0.0730 e. The number of nitrogens with two attached hydrogens (primary N) is 1. The van der Waals surface area contributed by atoms with E-state index in [-0.39, 0.29) is 0 Å². The molecular formula is C8H15NS. The minimum absolute atomic E-state index is 0.701. The molecule has 0 amide bonds. The fourth-order valence-electron chi connectivity index (χ4n) is 1.68. The molecule has 0 bridgehead atoms. The fraction of sp³-hybridized carbons (Fsp3) is 0.875. The van der Waals surface area contributed by atoms with E-state index in [0.29, 0.717) is 4.99 Å². The van der Waals surface area contributed by atoms with Gasteiger partial charge in [0.15, 0.2) is 0 Å². The van der Waals surface area contributed by atoms with Gasteiger partial charge in [-0.3, -0.25) is 0 Å². The van der Waals surface area contributed by atoms with Crippen molar-refractivity contribution in [2.75, 3.05) is 0 Å². The summed E-state index contributed by atoms with van der Waals surface area (Å²) < 4.78 is 0. The van der Waals surface area contributed by atoms with Crippen molar-refractivity contribution in [3.8, 4) is 0 Å². The first-order valence-corrected chi connectivity index (χ1v) is 4.48. The third-order valence-corrected chi connectivity index (χ3v) is 2.38. The summed E-state index contributed by atoms with van der Waals surface area (Å²) >= 11 is 4.85. The molecule has 0 saturated heterocycles. The van der Waals surface area contributed by atoms with Crippen molar-refractivity contribution >= 4 is 17.2 Å². The van der Waals surface area contributed by atoms with Crippen molar-refractivity contribution in [2.45, 2.75) is 38.5 Å². The molecule has 2 N–H and O–H groups in total. The average molecular weight is 157 g/mol. The van der Waals surface area contributed by atoms with Crippen LogP contribution in [0.1, 0.15) is 38.5 Å². The van der Waals surface area contributed by atoms with Gasteiger partial charge in [-0.1, -0.05) is 44.3 Å². The van der Waals surface area contributed by atoms with E-state index < -0.39 is 0 Å². The Bertz CT molecular complexity index is 116. The number of thiocarbonyl (C=S) groups is 1. The predicted octanol–water partition coefficient (Wildman–Crippen LogP) is 2.24. The van der Waals surface area contributed by atoms with Crippen molar-refractivity contribution in [2.24, 2.45) is 11.7 Å². The molecule has 1 aliphatic carbocycles. The van der Waals surface area contributed by atoms with Crippen LogP contribution in [0.15, 0.2) is 0 Å². The quantitative estimate of drug-likeness (QED) is 0.622. The van der Waals surface area contributed by atoms with Gasteiger partial charge in [0.1, 0.15) is 0 Å². The van der Waals surface area contributed by atoms with Gasteiger partial charge in [-0.25, -0.2) is 0 Å². The van der Waals surface area contributed by atoms with Gasteiger partial charge in [-0.05, 0) is 5.92 Å². The maximum Gasteiger partial charge on any atom is 0.0730 e. The summed E-state index contributed by atoms with van der Waals surface area (Å²) in [5.74, 6) is 0.811. The molecule has 0 atom stereocenters. The lowest BCUT2D eigenvalue weighted by atomic mass is 9.87. The number of rotatable bonds is 2. The van der Waals surface area contributed by atoms with E-state index in [2.05, 4.69) is 0 Å². The third kappa shape index (κ3) is 2.65. The highest BCUT2D eigenvalue weighted by Gasteiger charge is 2.13. The molecule has 0 aliphatic heterocycles. The van der Waals surface area contributed by atoms with E-state index in [1.807, 2.05) is 0 Å². The van der Waals surface area contributed by atoms with Gasteiger partial charge in [0.05, 0.1) is 4.99 Å². The van der Waals surface area contributed by atoms with Crippen LogP contribution in [-0.4, -0.2) is 4.99 Å². The van der Waals surface area contributed by atoms with Crippen LogP contribution >= 0.6 is 12.2 Å². The SMILES string of the molecule is NC(=S)CC1CCCCC1. The molecular weight excluding hydrogens is 142 g/mol. The van der Waals surface area contributed by atoms with Gasteiger partial charge < -0.3 is 5.73 Å². The molecule has 0 aromatic heterocycles. The van der Waals surface area contributed by atoms with Crippen LogP contribution in [0.25, 0.3) is 0 Å². The summed E-state index contributed by atoms with van der Waals surface area (Å²) in [4.78, 5) is 0.701. The standard InChI is InChI=1S/C8H15NS/c9-8(10)6-7-4-2-1-3-5-7/h7H,1-6H2,(H2,9,10). The second-order valence-electron chi connectivity index (χ2n) is 3.17. The van der Waals surface area contributed by atoms with Crippen LogP contribution in [-0.2, 0) is 0 Å². The van der Waals surface area contributed by atoms with Gasteiger partial charge in [-0.2, -0.15) is 0 Å². The third-order valence-electron chi connectivity index (χ3n) is 2.21. The monoisotopic (exact) mass is 157 g/mol. The van der Waals surface area contributed by atoms with E-state index in [1.165, 1.54) is 32.1 Å². The maximum absolute atomic E-state index is 5.45. The molecule has 10 heavy (non-hydrogen) atoms. The molecule has 2 heteroatoms. The first-order valence-electron chi connectivity index (χ1n) is 4.07. The second kappa shape index (κ2) is 3.91. The van der Waals surface area contributed by atoms with Crippen molar-refractivity contribution < 1.29 is 0 Å². The molecule has 1 rings (SSSR count). The molecule has 0 unspecified atom stereocenters. The molecule has 1 nitrogen and oxygen atoms in total. The van der Waals surface area contributed by atoms with Crippen LogP contribution in [0, 0.1) is 5.92 Å². The highest BCUT2D eigenvalue weighted by atomic mass is 32.1. The summed E-state index contributed by atoms with van der Waals surface area (Å²) in [6.07, 6.45) is 7.85. The molecule has 0 aromatic carbocycles. The van der Waals surface area contributed by atoms with Crippen LogP contribution in [0.5, 0.6) is 0 Å². The minimum Gasteiger partial charge on any atom is -0.393 e. The van der Waals surface area contributed by atoms with E-state index in [4.69, 9.17) is 18.0 Å². The molecule has 58 valence electrons. The van der Waals surface area contributed by atoms with E-state index in [0.717, 1.165) is 12.3 Å². The summed E-state index contributed by atoms with van der Waals surface area (Å²) in [5.41, 5.74) is 5.45. The van der Waals surface area contributed by atoms with Crippen LogP contribution in [0.4, 0.5) is 0 Å². The topological polar surface area (TPSA) is 26.0 Å². The first-order chi connectivity index (χ1) is 4.79. The minimum atomic E-state index is 0.701. The summed E-state index contributed by atoms with van der Waals surface area (Å²) in [7, 11) is 0. The average Bonchev–Trinajstić information content (AvgIpc) is 1.88. The van der Waals surface area contributed by atoms with Gasteiger partial charge in [0, 0.05) is 6.42 Å². The highest BCUT2D eigenvalue weighted by Crippen LogP contribution is 2.25. The summed E-state index contributed by atoms with van der Waals surface area (Å²) in [6, 6.07) is 0. The zero-order valence-corrected chi connectivity index (χ0v) is 7.12. The lowest BCUT2D eigenvalue weighted by Crippen LogP contribution is -2.16. The lowest BCUT2D eigenvalue weighted by molar-refractivity contribution is 0.368. The van der Waals surface area contributed by atoms with Gasteiger partial charge in [0.25, 0.3) is 0 Å². The predicted molar refractivity (Wildman–Crippen MR) is 48.0 cm³/mol. The van der Waals surface area contributed by atoms with Crippen molar-refractivity contribution in [3.63, 3.8) is 0 Å². The molecule has 0 radical (unpaired) electrons. The largest absolute Gasteiger partial charge is 0.393 e. The zero-order valence-electron chi connectivity index (χ0n) is 6.31. The normalized spacial score (nSPS) is 20.8. The lowest BCUT2D eigenvalue weighted by Gasteiger charge is -2.20. The van der Waals surface area contributed by atoms with Crippen molar-refractivity contribution in [1.82, 2.24) is 0 Å². The zero-order chi connectivity index (χ0) is 7.40. The highest BCUT2D eigenvalue weighted by molar-refractivity contribution is 7.80. The van der Waals surface area contributed by atoms with Crippen LogP contribution < -0.4 is 5.73 Å². The van der Waals surface area contributed by atoms with E-state index in [1.54, 1.807) is 0 Å². The Morgan fingerprint density at radius 2 is 1.90 bits per heavy atom. The molecule has 0 heterocycles. The summed E-state index contributed by atoms with van der Waals surface area (Å²) in [6.45, 7) is 0. The van der Waals surface area contributed by atoms with Gasteiger partial charge >= 0.3 is 0 Å². The maximum atomic E-state index is 5.45. The Labute approximate surface area is 68.0 Å². The van der Waals surface area contributed by atoms with Gasteiger partial charge in [-0.15, -0.1) is 0 Å². The molecule has 0 aromatic rings. The van der Waals surface area contributed by atoms with Gasteiger partial charge in [0.2, 0.25) is 0 Å². The second-order valence-corrected chi connectivity index (χ2v) is 3.70. The Hall–Kier alpha value is -0.110. The first kappa shape index (κ1) is 7.99. The van der Waals surface area contributed by atoms with E-state index in [9.17, 15) is 0 Å². The van der Waals surface area contributed by atoms with E-state index >= 15 is 0 Å². The van der Waals surface area contributed by atoms with Crippen molar-refractivity contribution in [3.05, 3.63) is 0 Å². The molecule has 1 fully saturated rings. The molecule has 1 saturated carbocycles. The Morgan fingerprint density at radius 1 is 1.30 bits per heavy atom. The number of hydrogen-bond donors (Lipinski definition) is 1. The molecule has 0 spiro atoms. The molecule has 1 aliphatic rings. The van der Waals surface area contributed by atoms with Crippen LogP contribution in [0.2, 0.25) is 0 Å². The number of hydrogen-bond acceptors (Lipinski definition) is 1. The Morgan fingerprint density at radius 3 is 2.40 bits per heavy atom. The fourth-order valence-corrected chi connectivity index (χ4v) is 1.91.